The zero-order valence-corrected chi connectivity index (χ0v) is 18.3. The molecule has 3 unspecified atom stereocenters. The van der Waals surface area contributed by atoms with E-state index in [0.717, 1.165) is 17.9 Å². The third-order valence-electron chi connectivity index (χ3n) is 5.15. The molecule has 1 N–H and O–H groups in total. The second kappa shape index (κ2) is 8.58. The van der Waals surface area contributed by atoms with Crippen LogP contribution in [0.3, 0.4) is 0 Å². The number of piperidine rings is 1. The molecule has 1 amide bonds. The van der Waals surface area contributed by atoms with Gasteiger partial charge in [0.15, 0.2) is 5.69 Å². The van der Waals surface area contributed by atoms with Gasteiger partial charge in [0.1, 0.15) is 6.54 Å². The molecule has 3 rings (SSSR count). The number of fused-ring (bicyclic) bond motifs is 1. The zero-order valence-electron chi connectivity index (χ0n) is 17.5. The van der Waals surface area contributed by atoms with Crippen LogP contribution in [0.25, 0.3) is 5.78 Å². The molecule has 1 fully saturated rings. The van der Waals surface area contributed by atoms with Crippen LogP contribution in [0.15, 0.2) is 11.0 Å². The van der Waals surface area contributed by atoms with E-state index in [0.29, 0.717) is 30.6 Å². The molecule has 1 saturated heterocycles. The third kappa shape index (κ3) is 4.25. The lowest BCUT2D eigenvalue weighted by Gasteiger charge is -2.35. The Morgan fingerprint density at radius 1 is 1.30 bits per heavy atom. The number of carbonyl (C=O) groups is 2. The Bertz CT molecular complexity index is 1070. The SMILES string of the molecule is COC(=O)c1nc2n(CC(=O)N3CC(C)CC(C)C3)cc(CS(C)=O)n2c(=O)c1O. The lowest BCUT2D eigenvalue weighted by Crippen LogP contribution is -2.44. The Balaban J connectivity index is 2.08. The summed E-state index contributed by atoms with van der Waals surface area (Å²) in [6.07, 6.45) is 4.05. The molecule has 11 heteroatoms. The molecule has 1 aliphatic rings. The normalized spacial score (nSPS) is 20.3. The maximum absolute atomic E-state index is 12.9. The summed E-state index contributed by atoms with van der Waals surface area (Å²) in [6, 6.07) is 0. The summed E-state index contributed by atoms with van der Waals surface area (Å²) < 4.78 is 18.9. The van der Waals surface area contributed by atoms with E-state index >= 15 is 0 Å². The number of nitrogens with zero attached hydrogens (tertiary/aromatic N) is 4. The van der Waals surface area contributed by atoms with E-state index in [2.05, 4.69) is 23.6 Å². The minimum absolute atomic E-state index is 0.00473. The van der Waals surface area contributed by atoms with Gasteiger partial charge in [-0.3, -0.25) is 13.8 Å². The number of ether oxygens (including phenoxy) is 1. The molecule has 0 spiro atoms. The van der Waals surface area contributed by atoms with Gasteiger partial charge in [-0.25, -0.2) is 14.2 Å². The van der Waals surface area contributed by atoms with Crippen molar-refractivity contribution in [1.29, 1.82) is 0 Å². The predicted octanol–water partition coefficient (Wildman–Crippen LogP) is 0.371. The molecule has 0 aliphatic carbocycles. The summed E-state index contributed by atoms with van der Waals surface area (Å²) in [7, 11) is -0.176. The number of esters is 1. The Morgan fingerprint density at radius 3 is 2.50 bits per heavy atom. The van der Waals surface area contributed by atoms with E-state index in [-0.39, 0.29) is 24.0 Å². The number of amides is 1. The van der Waals surface area contributed by atoms with Gasteiger partial charge < -0.3 is 19.3 Å². The van der Waals surface area contributed by atoms with E-state index in [9.17, 15) is 23.7 Å². The topological polar surface area (TPSA) is 123 Å². The summed E-state index contributed by atoms with van der Waals surface area (Å²) in [6.45, 7) is 5.40. The van der Waals surface area contributed by atoms with Crippen LogP contribution in [-0.2, 0) is 32.6 Å². The van der Waals surface area contributed by atoms with Crippen molar-refractivity contribution in [2.45, 2.75) is 32.6 Å². The summed E-state index contributed by atoms with van der Waals surface area (Å²) >= 11 is 0. The van der Waals surface area contributed by atoms with Crippen LogP contribution in [0, 0.1) is 11.8 Å². The van der Waals surface area contributed by atoms with Crippen LogP contribution in [0.1, 0.15) is 36.5 Å². The molecule has 3 heterocycles. The van der Waals surface area contributed by atoms with Crippen LogP contribution in [0.4, 0.5) is 0 Å². The molecule has 1 aliphatic heterocycles. The van der Waals surface area contributed by atoms with Crippen molar-refractivity contribution in [2.24, 2.45) is 11.8 Å². The van der Waals surface area contributed by atoms with Crippen molar-refractivity contribution in [1.82, 2.24) is 18.9 Å². The van der Waals surface area contributed by atoms with Crippen LogP contribution in [0.2, 0.25) is 0 Å². The highest BCUT2D eigenvalue weighted by atomic mass is 32.2. The fraction of sp³-hybridized carbons (Fsp3) is 0.579. The summed E-state index contributed by atoms with van der Waals surface area (Å²) in [5.41, 5.74) is -1.09. The molecule has 0 aromatic carbocycles. The first kappa shape index (κ1) is 22.0. The number of rotatable bonds is 5. The number of imidazole rings is 1. The van der Waals surface area contributed by atoms with Crippen molar-refractivity contribution in [3.63, 3.8) is 0 Å². The predicted molar refractivity (Wildman–Crippen MR) is 110 cm³/mol. The van der Waals surface area contributed by atoms with Crippen LogP contribution >= 0.6 is 0 Å². The van der Waals surface area contributed by atoms with Crippen molar-refractivity contribution >= 4 is 28.5 Å². The average molecular weight is 439 g/mol. The van der Waals surface area contributed by atoms with Crippen LogP contribution < -0.4 is 5.56 Å². The fourth-order valence-corrected chi connectivity index (χ4v) is 4.65. The van der Waals surface area contributed by atoms with Gasteiger partial charge in [0.2, 0.25) is 17.4 Å². The highest BCUT2D eigenvalue weighted by Crippen LogP contribution is 2.22. The molecule has 3 atom stereocenters. The van der Waals surface area contributed by atoms with Crippen molar-refractivity contribution in [2.75, 3.05) is 26.5 Å². The second-order valence-electron chi connectivity index (χ2n) is 7.95. The molecule has 0 saturated carbocycles. The Labute approximate surface area is 175 Å². The fourth-order valence-electron chi connectivity index (χ4n) is 4.03. The van der Waals surface area contributed by atoms with Crippen molar-refractivity contribution < 1.29 is 23.6 Å². The summed E-state index contributed by atoms with van der Waals surface area (Å²) in [5, 5.41) is 10.2. The zero-order chi connectivity index (χ0) is 22.2. The number of aromatic nitrogens is 3. The van der Waals surface area contributed by atoms with Gasteiger partial charge in [0.25, 0.3) is 0 Å². The minimum atomic E-state index is -1.29. The molecule has 30 heavy (non-hydrogen) atoms. The highest BCUT2D eigenvalue weighted by Gasteiger charge is 2.28. The molecule has 0 bridgehead atoms. The van der Waals surface area contributed by atoms with E-state index in [4.69, 9.17) is 0 Å². The maximum atomic E-state index is 12.9. The third-order valence-corrected chi connectivity index (χ3v) is 5.85. The number of hydrogen-bond donors (Lipinski definition) is 1. The van der Waals surface area contributed by atoms with E-state index in [1.165, 1.54) is 17.0 Å². The largest absolute Gasteiger partial charge is 0.501 e. The Hall–Kier alpha value is -2.69. The molecular weight excluding hydrogens is 412 g/mol. The number of hydrogen-bond acceptors (Lipinski definition) is 7. The monoisotopic (exact) mass is 438 g/mol. The first-order chi connectivity index (χ1) is 14.1. The summed E-state index contributed by atoms with van der Waals surface area (Å²) in [4.78, 5) is 43.5. The first-order valence-electron chi connectivity index (χ1n) is 9.62. The van der Waals surface area contributed by atoms with Gasteiger partial charge in [-0.2, -0.15) is 0 Å². The Kier molecular flexibility index (Phi) is 6.30. The molecule has 0 radical (unpaired) electrons. The lowest BCUT2D eigenvalue weighted by molar-refractivity contribution is -0.134. The van der Waals surface area contributed by atoms with Crippen LogP contribution in [0.5, 0.6) is 5.75 Å². The van der Waals surface area contributed by atoms with Crippen molar-refractivity contribution in [3.8, 4) is 5.75 Å². The van der Waals surface area contributed by atoms with Gasteiger partial charge in [-0.05, 0) is 18.3 Å². The van der Waals surface area contributed by atoms with Gasteiger partial charge in [-0.15, -0.1) is 0 Å². The van der Waals surface area contributed by atoms with Gasteiger partial charge in [-0.1, -0.05) is 13.8 Å². The molecule has 164 valence electrons. The van der Waals surface area contributed by atoms with Gasteiger partial charge in [0.05, 0.1) is 18.6 Å². The van der Waals surface area contributed by atoms with Gasteiger partial charge in [0, 0.05) is 36.3 Å². The number of aromatic hydroxyl groups is 1. The number of methoxy groups -OCH3 is 1. The second-order valence-corrected chi connectivity index (χ2v) is 9.39. The first-order valence-corrected chi connectivity index (χ1v) is 11.3. The quantitative estimate of drug-likeness (QED) is 0.669. The van der Waals surface area contributed by atoms with Gasteiger partial charge >= 0.3 is 11.5 Å². The molecule has 2 aromatic rings. The lowest BCUT2D eigenvalue weighted by atomic mass is 9.92. The minimum Gasteiger partial charge on any atom is -0.501 e. The highest BCUT2D eigenvalue weighted by molar-refractivity contribution is 7.83. The standard InChI is InChI=1S/C19H26N4O6S/c1-11-5-12(2)7-21(6-11)14(24)9-22-8-13(10-30(4)28)23-17(26)16(25)15(18(27)29-3)20-19(22)23/h8,11-12,25H,5-7,9-10H2,1-4H3. The smallest absolute Gasteiger partial charge is 0.360 e. The molecule has 10 nitrogen and oxygen atoms in total. The number of likely N-dealkylation sites (tertiary alicyclic amines) is 1. The molecule has 2 aromatic heterocycles. The van der Waals surface area contributed by atoms with E-state index < -0.39 is 33.8 Å². The maximum Gasteiger partial charge on any atom is 0.360 e. The van der Waals surface area contributed by atoms with Crippen molar-refractivity contribution in [3.05, 3.63) is 27.9 Å². The Morgan fingerprint density at radius 2 is 1.93 bits per heavy atom. The van der Waals surface area contributed by atoms with Crippen LogP contribution in [-0.4, -0.2) is 66.5 Å². The average Bonchev–Trinajstić information content (AvgIpc) is 2.99. The van der Waals surface area contributed by atoms with E-state index in [1.807, 2.05) is 0 Å². The molecular formula is C19H26N4O6S. The number of carbonyl (C=O) groups excluding carboxylic acids is 2. The van der Waals surface area contributed by atoms with E-state index in [1.54, 1.807) is 4.90 Å². The summed E-state index contributed by atoms with van der Waals surface area (Å²) in [5.74, 6) is -1.16.